The molecule has 0 bridgehead atoms. The Bertz CT molecular complexity index is 1920. The summed E-state index contributed by atoms with van der Waals surface area (Å²) in [7, 11) is 0. The number of fused-ring (bicyclic) bond motifs is 1. The summed E-state index contributed by atoms with van der Waals surface area (Å²) in [5.41, 5.74) is 7.01. The van der Waals surface area contributed by atoms with Crippen LogP contribution < -0.4 is 32.5 Å². The van der Waals surface area contributed by atoms with Gasteiger partial charge >= 0.3 is 5.97 Å². The van der Waals surface area contributed by atoms with E-state index in [0.29, 0.717) is 28.0 Å². The number of hydrogen-bond acceptors (Lipinski definition) is 9. The van der Waals surface area contributed by atoms with Gasteiger partial charge in [0.05, 0.1) is 5.56 Å². The Morgan fingerprint density at radius 3 is 2.34 bits per heavy atom. The van der Waals surface area contributed by atoms with E-state index in [4.69, 9.17) is 5.73 Å². The number of aryl methyl sites for hydroxylation is 1. The SMILES string of the molecule is Cc1cc(CNC(=O)c2nc(C(=O)NCc3cccc(Nc4c(N)c(=O)c4=O)c3)nc3cccn23)ccc1C(=O)O. The topological polar surface area (TPSA) is 198 Å². The van der Waals surface area contributed by atoms with Gasteiger partial charge in [0.25, 0.3) is 22.7 Å². The zero-order chi connectivity index (χ0) is 29.3. The van der Waals surface area contributed by atoms with Crippen LogP contribution in [0.4, 0.5) is 17.1 Å². The van der Waals surface area contributed by atoms with Crippen molar-refractivity contribution >= 4 is 40.5 Å². The van der Waals surface area contributed by atoms with Gasteiger partial charge in [-0.3, -0.25) is 23.6 Å². The predicted molar refractivity (Wildman–Crippen MR) is 149 cm³/mol. The summed E-state index contributed by atoms with van der Waals surface area (Å²) in [4.78, 5) is 68.7. The first kappa shape index (κ1) is 26.7. The minimum atomic E-state index is -1.03. The second-order valence-corrected chi connectivity index (χ2v) is 9.20. The van der Waals surface area contributed by atoms with Crippen LogP contribution >= 0.6 is 0 Å². The van der Waals surface area contributed by atoms with Crippen molar-refractivity contribution in [2.24, 2.45) is 0 Å². The maximum absolute atomic E-state index is 13.1. The molecule has 6 N–H and O–H groups in total. The van der Waals surface area contributed by atoms with Crippen LogP contribution in [0.25, 0.3) is 5.65 Å². The molecule has 5 rings (SSSR count). The van der Waals surface area contributed by atoms with Crippen molar-refractivity contribution in [3.63, 3.8) is 0 Å². The number of nitrogens with one attached hydrogen (secondary N) is 3. The van der Waals surface area contributed by atoms with Gasteiger partial charge in [0.2, 0.25) is 11.6 Å². The van der Waals surface area contributed by atoms with Crippen molar-refractivity contribution < 1.29 is 19.5 Å². The van der Waals surface area contributed by atoms with Crippen molar-refractivity contribution in [1.29, 1.82) is 0 Å². The Kier molecular flexibility index (Phi) is 7.00. The first-order chi connectivity index (χ1) is 19.6. The summed E-state index contributed by atoms with van der Waals surface area (Å²) in [5, 5.41) is 17.5. The standard InChI is InChI=1S/C28H23N7O6/c1-14-10-16(7-8-18(14)28(40)41)13-31-27(39)25-34-24(33-19-6-3-9-35(19)25)26(38)30-12-15-4-2-5-17(11-15)32-21-20(29)22(36)23(21)37/h2-11,32H,12-13,29H2,1H3,(H,30,38)(H,31,39)(H,40,41). The van der Waals surface area contributed by atoms with Gasteiger partial charge in [-0.2, -0.15) is 4.98 Å². The summed E-state index contributed by atoms with van der Waals surface area (Å²) in [5.74, 6) is -2.48. The van der Waals surface area contributed by atoms with Crippen LogP contribution in [-0.2, 0) is 13.1 Å². The molecule has 0 unspecified atom stereocenters. The van der Waals surface area contributed by atoms with E-state index < -0.39 is 28.6 Å². The molecule has 5 aromatic rings. The highest BCUT2D eigenvalue weighted by atomic mass is 16.4. The third-order valence-electron chi connectivity index (χ3n) is 6.36. The molecule has 0 aliphatic carbocycles. The molecule has 0 aliphatic rings. The molecule has 41 heavy (non-hydrogen) atoms. The highest BCUT2D eigenvalue weighted by molar-refractivity contribution is 5.95. The number of nitrogens with zero attached hydrogens (tertiary/aromatic N) is 3. The number of carbonyl (C=O) groups excluding carboxylic acids is 2. The van der Waals surface area contributed by atoms with Gasteiger partial charge in [0.1, 0.15) is 17.0 Å². The van der Waals surface area contributed by atoms with E-state index >= 15 is 0 Å². The van der Waals surface area contributed by atoms with E-state index in [9.17, 15) is 29.1 Å². The van der Waals surface area contributed by atoms with Gasteiger partial charge in [-0.1, -0.05) is 24.3 Å². The molecule has 0 atom stereocenters. The Hall–Kier alpha value is -5.85. The molecule has 0 spiro atoms. The third-order valence-corrected chi connectivity index (χ3v) is 6.36. The van der Waals surface area contributed by atoms with Crippen LogP contribution in [0.3, 0.4) is 0 Å². The summed E-state index contributed by atoms with van der Waals surface area (Å²) in [6.07, 6.45) is 1.60. The number of carbonyl (C=O) groups is 3. The zero-order valence-corrected chi connectivity index (χ0v) is 21.6. The average Bonchev–Trinajstić information content (AvgIpc) is 3.45. The predicted octanol–water partition coefficient (Wildman–Crippen LogP) is 1.52. The normalized spacial score (nSPS) is 11.0. The molecule has 2 amide bonds. The summed E-state index contributed by atoms with van der Waals surface area (Å²) >= 11 is 0. The minimum absolute atomic E-state index is 0.0308. The summed E-state index contributed by atoms with van der Waals surface area (Å²) in [6.45, 7) is 1.87. The Morgan fingerprint density at radius 2 is 1.63 bits per heavy atom. The van der Waals surface area contributed by atoms with Crippen molar-refractivity contribution in [2.45, 2.75) is 20.0 Å². The molecule has 2 aromatic heterocycles. The zero-order valence-electron chi connectivity index (χ0n) is 21.6. The molecule has 0 radical (unpaired) electrons. The van der Waals surface area contributed by atoms with Crippen LogP contribution in [0.5, 0.6) is 0 Å². The number of nitrogens with two attached hydrogens (primary N) is 1. The molecular weight excluding hydrogens is 530 g/mol. The smallest absolute Gasteiger partial charge is 0.335 e. The molecule has 0 fully saturated rings. The highest BCUT2D eigenvalue weighted by Crippen LogP contribution is 2.19. The van der Waals surface area contributed by atoms with E-state index in [1.807, 2.05) is 0 Å². The number of rotatable bonds is 9. The second-order valence-electron chi connectivity index (χ2n) is 9.20. The largest absolute Gasteiger partial charge is 0.478 e. The molecular formula is C28H23N7O6. The number of nitrogen functional groups attached to an aromatic ring is 1. The van der Waals surface area contributed by atoms with Crippen LogP contribution in [0.15, 0.2) is 70.4 Å². The average molecular weight is 554 g/mol. The fraction of sp³-hybridized carbons (Fsp3) is 0.107. The third kappa shape index (κ3) is 5.36. The summed E-state index contributed by atoms with van der Waals surface area (Å²) < 4.78 is 1.45. The molecule has 0 saturated carbocycles. The quantitative estimate of drug-likeness (QED) is 0.167. The lowest BCUT2D eigenvalue weighted by molar-refractivity contribution is 0.0695. The molecule has 2 heterocycles. The number of carboxylic acids is 1. The number of amides is 2. The van der Waals surface area contributed by atoms with E-state index in [1.165, 1.54) is 10.5 Å². The van der Waals surface area contributed by atoms with Crippen LogP contribution in [0.2, 0.25) is 0 Å². The summed E-state index contributed by atoms with van der Waals surface area (Å²) in [6, 6.07) is 14.9. The molecule has 206 valence electrons. The number of benzene rings is 2. The lowest BCUT2D eigenvalue weighted by Crippen LogP contribution is -2.36. The molecule has 13 heteroatoms. The van der Waals surface area contributed by atoms with Gasteiger partial charge in [-0.05, 0) is 53.9 Å². The van der Waals surface area contributed by atoms with Crippen molar-refractivity contribution in [3.8, 4) is 0 Å². The number of carboxylic acid groups (broad SMARTS) is 1. The maximum atomic E-state index is 13.1. The van der Waals surface area contributed by atoms with Gasteiger partial charge in [-0.25, -0.2) is 9.78 Å². The van der Waals surface area contributed by atoms with E-state index in [2.05, 4.69) is 25.9 Å². The fourth-order valence-electron chi connectivity index (χ4n) is 4.23. The van der Waals surface area contributed by atoms with E-state index in [1.54, 1.807) is 61.7 Å². The van der Waals surface area contributed by atoms with Crippen molar-refractivity contribution in [1.82, 2.24) is 25.0 Å². The Morgan fingerprint density at radius 1 is 0.902 bits per heavy atom. The lowest BCUT2D eigenvalue weighted by atomic mass is 10.1. The van der Waals surface area contributed by atoms with E-state index in [-0.39, 0.29) is 41.7 Å². The van der Waals surface area contributed by atoms with Crippen molar-refractivity contribution in [2.75, 3.05) is 11.1 Å². The number of aromatic carboxylic acids is 1. The molecule has 0 saturated heterocycles. The fourth-order valence-corrected chi connectivity index (χ4v) is 4.23. The monoisotopic (exact) mass is 553 g/mol. The molecule has 3 aromatic carbocycles. The molecule has 13 nitrogen and oxygen atoms in total. The van der Waals surface area contributed by atoms with Crippen LogP contribution in [0.1, 0.15) is 48.3 Å². The Labute approximate surface area is 231 Å². The van der Waals surface area contributed by atoms with Crippen LogP contribution in [0, 0.1) is 6.92 Å². The first-order valence-electron chi connectivity index (χ1n) is 12.3. The van der Waals surface area contributed by atoms with Crippen molar-refractivity contribution in [3.05, 3.63) is 115 Å². The van der Waals surface area contributed by atoms with Gasteiger partial charge in [0.15, 0.2) is 0 Å². The van der Waals surface area contributed by atoms with Gasteiger partial charge < -0.3 is 26.8 Å². The maximum Gasteiger partial charge on any atom is 0.335 e. The number of hydrogen-bond donors (Lipinski definition) is 5. The lowest BCUT2D eigenvalue weighted by Gasteiger charge is -2.12. The molecule has 0 aliphatic heterocycles. The number of aromatic nitrogens is 3. The van der Waals surface area contributed by atoms with Gasteiger partial charge in [-0.15, -0.1) is 0 Å². The van der Waals surface area contributed by atoms with Gasteiger partial charge in [0, 0.05) is 25.0 Å². The highest BCUT2D eigenvalue weighted by Gasteiger charge is 2.20. The number of anilines is 3. The van der Waals surface area contributed by atoms with E-state index in [0.717, 1.165) is 0 Å². The second kappa shape index (κ2) is 10.7. The van der Waals surface area contributed by atoms with Crippen LogP contribution in [-0.4, -0.2) is 37.3 Å². The minimum Gasteiger partial charge on any atom is -0.478 e. The Balaban J connectivity index is 1.28. The first-order valence-corrected chi connectivity index (χ1v) is 12.3.